The van der Waals surface area contributed by atoms with Crippen molar-refractivity contribution in [3.8, 4) is 0 Å². The maximum atomic E-state index is 13.4. The van der Waals surface area contributed by atoms with Crippen LogP contribution in [0.5, 0.6) is 0 Å². The smallest absolute Gasteiger partial charge is 0.380 e. The van der Waals surface area contributed by atoms with E-state index in [1.165, 1.54) is 19.4 Å². The number of para-hydroxylation sites is 1. The van der Waals surface area contributed by atoms with Crippen LogP contribution in [0.4, 0.5) is 18.9 Å². The first-order chi connectivity index (χ1) is 12.7. The van der Waals surface area contributed by atoms with Crippen LogP contribution in [0.2, 0.25) is 0 Å². The molecule has 0 spiro atoms. The van der Waals surface area contributed by atoms with Crippen LogP contribution < -0.4 is 11.1 Å². The molecule has 28 heavy (non-hydrogen) atoms. The monoisotopic (exact) mass is 513 g/mol. The van der Waals surface area contributed by atoms with E-state index in [4.69, 9.17) is 10.5 Å². The summed E-state index contributed by atoms with van der Waals surface area (Å²) in [6.07, 6.45) is -3.10. The topological polar surface area (TPSA) is 97.7 Å². The van der Waals surface area contributed by atoms with E-state index in [1.54, 1.807) is 19.2 Å². The fourth-order valence-electron chi connectivity index (χ4n) is 2.58. The molecule has 1 unspecified atom stereocenters. The van der Waals surface area contributed by atoms with Gasteiger partial charge >= 0.3 is 6.18 Å². The second kappa shape index (κ2) is 10.1. The van der Waals surface area contributed by atoms with E-state index >= 15 is 0 Å². The third-order valence-corrected chi connectivity index (χ3v) is 4.00. The SMILES string of the molecule is COCc1ccccc1NC(N)=NCCC(O)(c1nccn1C)C(F)(F)F.I. The minimum absolute atomic E-state index is 0. The molecule has 1 heterocycles. The van der Waals surface area contributed by atoms with Crippen molar-refractivity contribution < 1.29 is 23.0 Å². The van der Waals surface area contributed by atoms with Crippen molar-refractivity contribution >= 4 is 35.6 Å². The predicted octanol–water partition coefficient (Wildman–Crippen LogP) is 2.75. The molecule has 0 aliphatic rings. The Bertz CT molecular complexity index is 797. The van der Waals surface area contributed by atoms with Crippen LogP contribution in [0.3, 0.4) is 0 Å². The molecule has 2 aromatic rings. The molecule has 1 atom stereocenters. The second-order valence-electron chi connectivity index (χ2n) is 5.95. The van der Waals surface area contributed by atoms with Crippen LogP contribution in [0, 0.1) is 0 Å². The number of alkyl halides is 3. The van der Waals surface area contributed by atoms with Gasteiger partial charge < -0.3 is 25.5 Å². The molecule has 7 nitrogen and oxygen atoms in total. The van der Waals surface area contributed by atoms with Gasteiger partial charge in [0.15, 0.2) is 5.96 Å². The lowest BCUT2D eigenvalue weighted by molar-refractivity contribution is -0.272. The Labute approximate surface area is 177 Å². The Morgan fingerprint density at radius 3 is 2.61 bits per heavy atom. The number of rotatable bonds is 7. The lowest BCUT2D eigenvalue weighted by atomic mass is 9.98. The lowest BCUT2D eigenvalue weighted by Crippen LogP contribution is -2.45. The summed E-state index contributed by atoms with van der Waals surface area (Å²) in [5.74, 6) is -0.565. The van der Waals surface area contributed by atoms with E-state index in [0.717, 1.165) is 10.1 Å². The van der Waals surface area contributed by atoms with E-state index in [1.807, 2.05) is 12.1 Å². The van der Waals surface area contributed by atoms with Crippen molar-refractivity contribution in [1.29, 1.82) is 0 Å². The number of hydrogen-bond acceptors (Lipinski definition) is 4. The number of nitrogens with zero attached hydrogens (tertiary/aromatic N) is 3. The molecule has 0 fully saturated rings. The highest BCUT2D eigenvalue weighted by Crippen LogP contribution is 2.40. The molecule has 0 saturated carbocycles. The van der Waals surface area contributed by atoms with Gasteiger partial charge in [-0.05, 0) is 6.07 Å². The third kappa shape index (κ3) is 5.58. The van der Waals surface area contributed by atoms with Crippen molar-refractivity contribution in [2.75, 3.05) is 19.0 Å². The number of anilines is 1. The highest BCUT2D eigenvalue weighted by atomic mass is 127. The summed E-state index contributed by atoms with van der Waals surface area (Å²) in [5, 5.41) is 13.1. The minimum Gasteiger partial charge on any atom is -0.380 e. The van der Waals surface area contributed by atoms with Gasteiger partial charge in [0.2, 0.25) is 5.60 Å². The number of ether oxygens (including phenoxy) is 1. The van der Waals surface area contributed by atoms with E-state index in [-0.39, 0.29) is 36.5 Å². The summed E-state index contributed by atoms with van der Waals surface area (Å²) in [6.45, 7) is -0.0163. The number of aryl methyl sites for hydroxylation is 1. The number of hydrogen-bond donors (Lipinski definition) is 3. The van der Waals surface area contributed by atoms with Gasteiger partial charge in [-0.25, -0.2) is 4.98 Å². The van der Waals surface area contributed by atoms with Gasteiger partial charge in [-0.15, -0.1) is 24.0 Å². The van der Waals surface area contributed by atoms with Crippen molar-refractivity contribution in [3.05, 3.63) is 48.0 Å². The number of aromatic nitrogens is 2. The fraction of sp³-hybridized carbons (Fsp3) is 0.412. The largest absolute Gasteiger partial charge is 0.424 e. The molecular weight excluding hydrogens is 490 g/mol. The van der Waals surface area contributed by atoms with Crippen molar-refractivity contribution in [2.24, 2.45) is 17.8 Å². The van der Waals surface area contributed by atoms with Crippen molar-refractivity contribution in [1.82, 2.24) is 9.55 Å². The average molecular weight is 513 g/mol. The minimum atomic E-state index is -4.91. The molecule has 0 bridgehead atoms. The lowest BCUT2D eigenvalue weighted by Gasteiger charge is -2.29. The Hall–Kier alpha value is -1.86. The van der Waals surface area contributed by atoms with Gasteiger partial charge in [0.1, 0.15) is 5.82 Å². The standard InChI is InChI=1S/C17H22F3N5O2.HI/c1-25-10-9-22-14(25)16(26,17(18,19)20)7-8-23-15(21)24-13-6-4-3-5-12(13)11-27-2;/h3-6,9-10,26H,7-8,11H2,1-2H3,(H3,21,23,24);1H. The molecule has 0 aliphatic carbocycles. The van der Waals surface area contributed by atoms with Crippen molar-refractivity contribution in [2.45, 2.75) is 24.8 Å². The number of nitrogens with two attached hydrogens (primary N) is 1. The second-order valence-corrected chi connectivity index (χ2v) is 5.95. The number of nitrogens with one attached hydrogen (secondary N) is 1. The van der Waals surface area contributed by atoms with Crippen LogP contribution in [0.1, 0.15) is 17.8 Å². The number of guanidine groups is 1. The van der Waals surface area contributed by atoms with Gasteiger partial charge in [0.05, 0.1) is 6.61 Å². The maximum absolute atomic E-state index is 13.4. The number of imidazole rings is 1. The predicted molar refractivity (Wildman–Crippen MR) is 110 cm³/mol. The molecule has 0 amide bonds. The first-order valence-electron chi connectivity index (χ1n) is 8.09. The fourth-order valence-corrected chi connectivity index (χ4v) is 2.58. The molecule has 0 saturated heterocycles. The number of aliphatic imine (C=N–C) groups is 1. The van der Waals surface area contributed by atoms with Gasteiger partial charge in [0, 0.05) is 50.8 Å². The van der Waals surface area contributed by atoms with Crippen LogP contribution in [0.15, 0.2) is 41.7 Å². The van der Waals surface area contributed by atoms with Crippen LogP contribution >= 0.6 is 24.0 Å². The summed E-state index contributed by atoms with van der Waals surface area (Å²) in [4.78, 5) is 7.54. The van der Waals surface area contributed by atoms with Gasteiger partial charge in [0.25, 0.3) is 0 Å². The Balaban J connectivity index is 0.00000392. The summed E-state index contributed by atoms with van der Waals surface area (Å²) < 4.78 is 46.5. The molecule has 11 heteroatoms. The molecule has 0 radical (unpaired) electrons. The first-order valence-corrected chi connectivity index (χ1v) is 8.09. The Kier molecular flexibility index (Phi) is 8.70. The summed E-state index contributed by atoms with van der Waals surface area (Å²) in [7, 11) is 2.93. The molecule has 4 N–H and O–H groups in total. The van der Waals surface area contributed by atoms with E-state index in [0.29, 0.717) is 12.3 Å². The molecular formula is C17H23F3IN5O2. The van der Waals surface area contributed by atoms with Gasteiger partial charge in [-0.3, -0.25) is 4.99 Å². The quantitative estimate of drug-likeness (QED) is 0.301. The van der Waals surface area contributed by atoms with E-state index in [2.05, 4.69) is 15.3 Å². The summed E-state index contributed by atoms with van der Waals surface area (Å²) in [6, 6.07) is 7.17. The van der Waals surface area contributed by atoms with Gasteiger partial charge in [-0.1, -0.05) is 18.2 Å². The molecule has 1 aromatic carbocycles. The Morgan fingerprint density at radius 2 is 2.04 bits per heavy atom. The van der Waals surface area contributed by atoms with Crippen molar-refractivity contribution in [3.63, 3.8) is 0 Å². The number of benzene rings is 1. The normalized spacial score (nSPS) is 14.3. The number of halogens is 4. The zero-order valence-corrected chi connectivity index (χ0v) is 17.7. The summed E-state index contributed by atoms with van der Waals surface area (Å²) in [5.41, 5.74) is 4.10. The van der Waals surface area contributed by atoms with Gasteiger partial charge in [-0.2, -0.15) is 13.2 Å². The molecule has 156 valence electrons. The zero-order chi connectivity index (χ0) is 20.1. The van der Waals surface area contributed by atoms with E-state index in [9.17, 15) is 18.3 Å². The maximum Gasteiger partial charge on any atom is 0.424 e. The number of methoxy groups -OCH3 is 1. The molecule has 0 aliphatic heterocycles. The summed E-state index contributed by atoms with van der Waals surface area (Å²) >= 11 is 0. The Morgan fingerprint density at radius 1 is 1.36 bits per heavy atom. The highest BCUT2D eigenvalue weighted by Gasteiger charge is 2.57. The zero-order valence-electron chi connectivity index (χ0n) is 15.4. The molecule has 2 rings (SSSR count). The first kappa shape index (κ1) is 24.2. The van der Waals surface area contributed by atoms with Crippen LogP contribution in [0.25, 0.3) is 0 Å². The van der Waals surface area contributed by atoms with Crippen LogP contribution in [-0.4, -0.2) is 40.4 Å². The number of aliphatic hydroxyl groups is 1. The molecule has 1 aromatic heterocycles. The van der Waals surface area contributed by atoms with Crippen LogP contribution in [-0.2, 0) is 24.0 Å². The highest BCUT2D eigenvalue weighted by molar-refractivity contribution is 14.0. The van der Waals surface area contributed by atoms with E-state index < -0.39 is 24.0 Å². The third-order valence-electron chi connectivity index (χ3n) is 4.00. The average Bonchev–Trinajstić information content (AvgIpc) is 3.02.